The largest absolute Gasteiger partial charge is 0.354 e. The Labute approximate surface area is 111 Å². The zero-order valence-corrected chi connectivity index (χ0v) is 11.2. The molecular weight excluding hydrogens is 252 g/mol. The molecule has 0 saturated carbocycles. The van der Waals surface area contributed by atoms with E-state index in [1.807, 2.05) is 0 Å². The minimum atomic E-state index is -0.791. The average Bonchev–Trinajstić information content (AvgIpc) is 2.39. The molecule has 0 aliphatic carbocycles. The number of likely N-dealkylation sites (tertiary alicyclic amines) is 1. The number of nitrogens with zero attached hydrogens (tertiary/aromatic N) is 3. The molecule has 1 aromatic heterocycles. The van der Waals surface area contributed by atoms with Crippen LogP contribution < -0.4 is 16.2 Å². The van der Waals surface area contributed by atoms with Gasteiger partial charge in [-0.15, -0.1) is 0 Å². The van der Waals surface area contributed by atoms with Gasteiger partial charge in [0.25, 0.3) is 0 Å². The highest BCUT2D eigenvalue weighted by atomic mass is 19.1. The molecular formula is C12H19F2N5. The van der Waals surface area contributed by atoms with Gasteiger partial charge in [-0.3, -0.25) is 0 Å². The number of halogens is 2. The summed E-state index contributed by atoms with van der Waals surface area (Å²) in [4.78, 5) is 7.90. The van der Waals surface area contributed by atoms with Gasteiger partial charge in [-0.2, -0.15) is 0 Å². The summed E-state index contributed by atoms with van der Waals surface area (Å²) in [6, 6.07) is 1.01. The molecule has 1 fully saturated rings. The highest BCUT2D eigenvalue weighted by Crippen LogP contribution is 2.25. The third kappa shape index (κ3) is 2.93. The second-order valence-electron chi connectivity index (χ2n) is 4.91. The molecule has 19 heavy (non-hydrogen) atoms. The van der Waals surface area contributed by atoms with Crippen molar-refractivity contribution in [3.8, 4) is 0 Å². The summed E-state index contributed by atoms with van der Waals surface area (Å²) in [7, 11) is 3.84. The van der Waals surface area contributed by atoms with Gasteiger partial charge in [0.05, 0.1) is 0 Å². The van der Waals surface area contributed by atoms with Gasteiger partial charge in [0.2, 0.25) is 0 Å². The summed E-state index contributed by atoms with van der Waals surface area (Å²) >= 11 is 0. The van der Waals surface area contributed by atoms with E-state index >= 15 is 0 Å². The smallest absolute Gasteiger partial charge is 0.178 e. The molecule has 3 N–H and O–H groups in total. The molecule has 1 aliphatic heterocycles. The predicted octanol–water partition coefficient (Wildman–Crippen LogP) is 1.18. The number of rotatable bonds is 3. The van der Waals surface area contributed by atoms with Crippen molar-refractivity contribution in [3.63, 3.8) is 0 Å². The van der Waals surface area contributed by atoms with E-state index in [1.54, 1.807) is 11.9 Å². The lowest BCUT2D eigenvalue weighted by atomic mass is 10.0. The minimum absolute atomic E-state index is 0.129. The number of hydrazine groups is 1. The summed E-state index contributed by atoms with van der Waals surface area (Å²) in [5.41, 5.74) is 2.14. The molecule has 1 aliphatic rings. The van der Waals surface area contributed by atoms with E-state index in [-0.39, 0.29) is 17.7 Å². The number of nitrogens with two attached hydrogens (primary N) is 1. The standard InChI is InChI=1S/C12H19F2N5/c1-18-5-3-8(4-6-18)19(2)12-10(14)7-9(13)11(16-12)17-15/h7-8H,3-6,15H2,1-2H3,(H,16,17). The van der Waals surface area contributed by atoms with Crippen LogP contribution in [0.3, 0.4) is 0 Å². The fraction of sp³-hybridized carbons (Fsp3) is 0.583. The van der Waals surface area contributed by atoms with Gasteiger partial charge in [-0.05, 0) is 33.0 Å². The van der Waals surface area contributed by atoms with E-state index in [9.17, 15) is 8.78 Å². The average molecular weight is 271 g/mol. The van der Waals surface area contributed by atoms with Crippen LogP contribution in [0.25, 0.3) is 0 Å². The Morgan fingerprint density at radius 2 is 2.00 bits per heavy atom. The minimum Gasteiger partial charge on any atom is -0.354 e. The van der Waals surface area contributed by atoms with Crippen LogP contribution in [-0.4, -0.2) is 43.1 Å². The second kappa shape index (κ2) is 5.66. The molecule has 1 saturated heterocycles. The number of aromatic nitrogens is 1. The van der Waals surface area contributed by atoms with E-state index in [0.717, 1.165) is 32.0 Å². The number of anilines is 2. The first-order valence-corrected chi connectivity index (χ1v) is 6.27. The molecule has 0 aromatic carbocycles. The lowest BCUT2D eigenvalue weighted by molar-refractivity contribution is 0.252. The SMILES string of the molecule is CN1CCC(N(C)c2nc(NN)c(F)cc2F)CC1. The van der Waals surface area contributed by atoms with E-state index in [1.165, 1.54) is 0 Å². The Morgan fingerprint density at radius 3 is 2.58 bits per heavy atom. The Morgan fingerprint density at radius 1 is 1.37 bits per heavy atom. The quantitative estimate of drug-likeness (QED) is 0.638. The van der Waals surface area contributed by atoms with Crippen LogP contribution in [-0.2, 0) is 0 Å². The maximum Gasteiger partial charge on any atom is 0.178 e. The van der Waals surface area contributed by atoms with Crippen molar-refractivity contribution in [3.05, 3.63) is 17.7 Å². The fourth-order valence-corrected chi connectivity index (χ4v) is 2.36. The molecule has 0 radical (unpaired) electrons. The van der Waals surface area contributed by atoms with Crippen molar-refractivity contribution in [2.75, 3.05) is 37.5 Å². The maximum atomic E-state index is 13.8. The number of hydrogen-bond acceptors (Lipinski definition) is 5. The van der Waals surface area contributed by atoms with Gasteiger partial charge in [0, 0.05) is 19.2 Å². The zero-order chi connectivity index (χ0) is 14.0. The van der Waals surface area contributed by atoms with Gasteiger partial charge < -0.3 is 15.2 Å². The van der Waals surface area contributed by atoms with Crippen LogP contribution in [0.1, 0.15) is 12.8 Å². The molecule has 0 atom stereocenters. The van der Waals surface area contributed by atoms with Gasteiger partial charge in [-0.1, -0.05) is 0 Å². The number of piperidine rings is 1. The number of nitrogens with one attached hydrogen (secondary N) is 1. The molecule has 2 heterocycles. The van der Waals surface area contributed by atoms with Crippen LogP contribution in [0.4, 0.5) is 20.4 Å². The molecule has 0 unspecified atom stereocenters. The van der Waals surface area contributed by atoms with Gasteiger partial charge >= 0.3 is 0 Å². The van der Waals surface area contributed by atoms with Crippen LogP contribution in [0.5, 0.6) is 0 Å². The maximum absolute atomic E-state index is 13.8. The van der Waals surface area contributed by atoms with Gasteiger partial charge in [0.1, 0.15) is 0 Å². The highest BCUT2D eigenvalue weighted by Gasteiger charge is 2.24. The van der Waals surface area contributed by atoms with Crippen molar-refractivity contribution in [2.45, 2.75) is 18.9 Å². The molecule has 5 nitrogen and oxygen atoms in total. The highest BCUT2D eigenvalue weighted by molar-refractivity contribution is 5.49. The van der Waals surface area contributed by atoms with Gasteiger partial charge in [0.15, 0.2) is 23.3 Å². The van der Waals surface area contributed by atoms with E-state index < -0.39 is 11.6 Å². The third-order valence-electron chi connectivity index (χ3n) is 3.62. The van der Waals surface area contributed by atoms with Crippen molar-refractivity contribution in [1.82, 2.24) is 9.88 Å². The molecule has 0 amide bonds. The first-order valence-electron chi connectivity index (χ1n) is 6.27. The molecule has 0 bridgehead atoms. The van der Waals surface area contributed by atoms with E-state index in [4.69, 9.17) is 5.84 Å². The zero-order valence-electron chi connectivity index (χ0n) is 11.2. The number of nitrogen functional groups attached to an aromatic ring is 1. The van der Waals surface area contributed by atoms with Crippen molar-refractivity contribution in [2.24, 2.45) is 5.84 Å². The van der Waals surface area contributed by atoms with Crippen LogP contribution in [0.2, 0.25) is 0 Å². The summed E-state index contributed by atoms with van der Waals surface area (Å²) in [5, 5.41) is 0. The molecule has 2 rings (SSSR count). The first-order chi connectivity index (χ1) is 9.02. The normalized spacial score (nSPS) is 17.5. The summed E-state index contributed by atoms with van der Waals surface area (Å²) in [5.74, 6) is 3.69. The monoisotopic (exact) mass is 271 g/mol. The number of hydrogen-bond donors (Lipinski definition) is 2. The Kier molecular flexibility index (Phi) is 4.16. The van der Waals surface area contributed by atoms with Crippen molar-refractivity contribution in [1.29, 1.82) is 0 Å². The summed E-state index contributed by atoms with van der Waals surface area (Å²) in [6.45, 7) is 1.92. The van der Waals surface area contributed by atoms with Crippen LogP contribution >= 0.6 is 0 Å². The van der Waals surface area contributed by atoms with Crippen LogP contribution in [0, 0.1) is 11.6 Å². The lowest BCUT2D eigenvalue weighted by Crippen LogP contribution is -2.42. The van der Waals surface area contributed by atoms with E-state index in [0.29, 0.717) is 0 Å². The molecule has 106 valence electrons. The van der Waals surface area contributed by atoms with Crippen molar-refractivity contribution < 1.29 is 8.78 Å². The Balaban J connectivity index is 2.21. The van der Waals surface area contributed by atoms with Crippen molar-refractivity contribution >= 4 is 11.6 Å². The summed E-state index contributed by atoms with van der Waals surface area (Å²) in [6.07, 6.45) is 1.85. The Bertz CT molecular complexity index is 446. The first kappa shape index (κ1) is 14.0. The summed E-state index contributed by atoms with van der Waals surface area (Å²) < 4.78 is 27.1. The van der Waals surface area contributed by atoms with E-state index in [2.05, 4.69) is 22.4 Å². The van der Waals surface area contributed by atoms with Gasteiger partial charge in [-0.25, -0.2) is 19.6 Å². The Hall–Kier alpha value is -1.47. The van der Waals surface area contributed by atoms with Crippen LogP contribution in [0.15, 0.2) is 6.07 Å². The lowest BCUT2D eigenvalue weighted by Gasteiger charge is -2.35. The second-order valence-corrected chi connectivity index (χ2v) is 4.91. The molecule has 1 aromatic rings. The fourth-order valence-electron chi connectivity index (χ4n) is 2.36. The topological polar surface area (TPSA) is 57.4 Å². The number of pyridine rings is 1. The predicted molar refractivity (Wildman–Crippen MR) is 70.9 cm³/mol. The molecule has 0 spiro atoms. The third-order valence-corrected chi connectivity index (χ3v) is 3.62. The molecule has 7 heteroatoms.